The molecule has 0 radical (unpaired) electrons. The highest BCUT2D eigenvalue weighted by molar-refractivity contribution is 5.87. The Balaban J connectivity index is 2.89. The number of hydrogen-bond acceptors (Lipinski definition) is 4. The van der Waals surface area contributed by atoms with E-state index in [0.717, 1.165) is 5.69 Å². The Hall–Kier alpha value is -1.78. The number of amides is 1. The van der Waals surface area contributed by atoms with Gasteiger partial charge in [-0.2, -0.15) is 0 Å². The Bertz CT molecular complexity index is 404. The fraction of sp³-hybridized carbons (Fsp3) is 0.500. The molecule has 0 aliphatic carbocycles. The van der Waals surface area contributed by atoms with Crippen LogP contribution in [0.3, 0.4) is 0 Å². The maximum absolute atomic E-state index is 11.8. The van der Waals surface area contributed by atoms with E-state index < -0.39 is 11.7 Å². The predicted octanol–water partition coefficient (Wildman–Crippen LogP) is 2.34. The topological polar surface area (TPSA) is 68.5 Å². The van der Waals surface area contributed by atoms with Gasteiger partial charge in [-0.1, -0.05) is 0 Å². The second kappa shape index (κ2) is 4.61. The largest absolute Gasteiger partial charge is 0.443 e. The van der Waals surface area contributed by atoms with Crippen LogP contribution < -0.4 is 10.6 Å². The van der Waals surface area contributed by atoms with Crippen LogP contribution in [0.2, 0.25) is 0 Å². The summed E-state index contributed by atoms with van der Waals surface area (Å²) < 4.78 is 5.26. The van der Waals surface area contributed by atoms with Crippen molar-refractivity contribution >= 4 is 17.6 Å². The zero-order valence-corrected chi connectivity index (χ0v) is 10.9. The summed E-state index contributed by atoms with van der Waals surface area (Å²) in [6, 6.07) is 3.41. The smallest absolute Gasteiger partial charge is 0.414 e. The third-order valence-electron chi connectivity index (χ3n) is 2.01. The minimum atomic E-state index is -0.515. The summed E-state index contributed by atoms with van der Waals surface area (Å²) in [4.78, 5) is 17.3. The molecule has 5 heteroatoms. The van der Waals surface area contributed by atoms with Gasteiger partial charge in [0, 0.05) is 18.8 Å². The number of anilines is 2. The average molecular weight is 237 g/mol. The molecule has 1 amide bonds. The average Bonchev–Trinajstić information content (AvgIpc) is 2.12. The molecule has 0 spiro atoms. The van der Waals surface area contributed by atoms with E-state index in [9.17, 15) is 4.79 Å². The van der Waals surface area contributed by atoms with Gasteiger partial charge in [-0.25, -0.2) is 9.78 Å². The van der Waals surface area contributed by atoms with Crippen LogP contribution >= 0.6 is 0 Å². The SMILES string of the molecule is Cc1cc(N(C)C(=O)OC(C)(C)C)cc(N)n1. The zero-order valence-electron chi connectivity index (χ0n) is 10.9. The lowest BCUT2D eigenvalue weighted by Crippen LogP contribution is -2.34. The van der Waals surface area contributed by atoms with E-state index in [1.165, 1.54) is 4.90 Å². The van der Waals surface area contributed by atoms with Crippen LogP contribution in [0.15, 0.2) is 12.1 Å². The van der Waals surface area contributed by atoms with Crippen LogP contribution in [0.25, 0.3) is 0 Å². The molecule has 1 aromatic rings. The van der Waals surface area contributed by atoms with Crippen molar-refractivity contribution in [1.29, 1.82) is 0 Å². The molecule has 94 valence electrons. The van der Waals surface area contributed by atoms with Gasteiger partial charge < -0.3 is 10.5 Å². The molecule has 0 saturated heterocycles. The number of ether oxygens (including phenoxy) is 1. The second-order valence-electron chi connectivity index (χ2n) is 4.93. The molecule has 0 aliphatic heterocycles. The highest BCUT2D eigenvalue weighted by atomic mass is 16.6. The Morgan fingerprint density at radius 3 is 2.47 bits per heavy atom. The summed E-state index contributed by atoms with van der Waals surface area (Å²) in [5.74, 6) is 0.385. The Kier molecular flexibility index (Phi) is 3.60. The highest BCUT2D eigenvalue weighted by Gasteiger charge is 2.20. The van der Waals surface area contributed by atoms with Crippen molar-refractivity contribution in [2.45, 2.75) is 33.3 Å². The predicted molar refractivity (Wildman–Crippen MR) is 68.0 cm³/mol. The highest BCUT2D eigenvalue weighted by Crippen LogP contribution is 2.19. The van der Waals surface area contributed by atoms with Crippen LogP contribution in [0, 0.1) is 6.92 Å². The van der Waals surface area contributed by atoms with Crippen molar-refractivity contribution in [1.82, 2.24) is 4.98 Å². The van der Waals surface area contributed by atoms with Crippen molar-refractivity contribution in [2.75, 3.05) is 17.7 Å². The number of aromatic nitrogens is 1. The van der Waals surface area contributed by atoms with E-state index in [0.29, 0.717) is 11.5 Å². The van der Waals surface area contributed by atoms with Crippen LogP contribution in [0.1, 0.15) is 26.5 Å². The van der Waals surface area contributed by atoms with Crippen molar-refractivity contribution in [3.63, 3.8) is 0 Å². The third-order valence-corrected chi connectivity index (χ3v) is 2.01. The lowest BCUT2D eigenvalue weighted by atomic mass is 10.2. The summed E-state index contributed by atoms with van der Waals surface area (Å²) in [5.41, 5.74) is 6.55. The number of nitrogen functional groups attached to an aromatic ring is 1. The number of nitrogens with zero attached hydrogens (tertiary/aromatic N) is 2. The molecular weight excluding hydrogens is 218 g/mol. The van der Waals surface area contributed by atoms with Gasteiger partial charge in [-0.05, 0) is 33.8 Å². The fourth-order valence-electron chi connectivity index (χ4n) is 1.30. The number of aryl methyl sites for hydroxylation is 1. The number of hydrogen-bond donors (Lipinski definition) is 1. The Morgan fingerprint density at radius 2 is 2.00 bits per heavy atom. The maximum atomic E-state index is 11.8. The van der Waals surface area contributed by atoms with E-state index in [2.05, 4.69) is 4.98 Å². The molecule has 0 atom stereocenters. The molecule has 1 rings (SSSR count). The van der Waals surface area contributed by atoms with Gasteiger partial charge in [0.2, 0.25) is 0 Å². The first kappa shape index (κ1) is 13.3. The van der Waals surface area contributed by atoms with Gasteiger partial charge in [0.05, 0.1) is 5.69 Å². The van der Waals surface area contributed by atoms with E-state index in [4.69, 9.17) is 10.5 Å². The number of nitrogens with two attached hydrogens (primary N) is 1. The molecular formula is C12H19N3O2. The van der Waals surface area contributed by atoms with Crippen LogP contribution in [-0.2, 0) is 4.74 Å². The summed E-state index contributed by atoms with van der Waals surface area (Å²) >= 11 is 0. The molecule has 0 aromatic carbocycles. The van der Waals surface area contributed by atoms with Crippen LogP contribution in [0.4, 0.5) is 16.3 Å². The first-order valence-electron chi connectivity index (χ1n) is 5.40. The normalized spacial score (nSPS) is 11.1. The first-order valence-corrected chi connectivity index (χ1v) is 5.40. The van der Waals surface area contributed by atoms with Crippen molar-refractivity contribution in [2.24, 2.45) is 0 Å². The molecule has 1 aromatic heterocycles. The standard InChI is InChI=1S/C12H19N3O2/c1-8-6-9(7-10(13)14-8)15(5)11(16)17-12(2,3)4/h6-7H,1-5H3,(H2,13,14). The number of pyridine rings is 1. The van der Waals surface area contributed by atoms with Gasteiger partial charge in [0.1, 0.15) is 11.4 Å². The third kappa shape index (κ3) is 3.94. The summed E-state index contributed by atoms with van der Waals surface area (Å²) in [6.07, 6.45) is -0.414. The van der Waals surface area contributed by atoms with E-state index >= 15 is 0 Å². The van der Waals surface area contributed by atoms with Gasteiger partial charge >= 0.3 is 6.09 Å². The molecule has 1 heterocycles. The summed E-state index contributed by atoms with van der Waals surface area (Å²) in [6.45, 7) is 7.30. The molecule has 0 unspecified atom stereocenters. The molecule has 5 nitrogen and oxygen atoms in total. The second-order valence-corrected chi connectivity index (χ2v) is 4.93. The fourth-order valence-corrected chi connectivity index (χ4v) is 1.30. The number of rotatable bonds is 1. The summed E-state index contributed by atoms with van der Waals surface area (Å²) in [7, 11) is 1.64. The van der Waals surface area contributed by atoms with E-state index in [-0.39, 0.29) is 0 Å². The van der Waals surface area contributed by atoms with Gasteiger partial charge in [0.15, 0.2) is 0 Å². The lowest BCUT2D eigenvalue weighted by molar-refractivity contribution is 0.0589. The maximum Gasteiger partial charge on any atom is 0.414 e. The van der Waals surface area contributed by atoms with Gasteiger partial charge in [-0.15, -0.1) is 0 Å². The molecule has 0 aliphatic rings. The number of carbonyl (C=O) groups excluding carboxylic acids is 1. The minimum Gasteiger partial charge on any atom is -0.443 e. The van der Waals surface area contributed by atoms with Crippen molar-refractivity contribution < 1.29 is 9.53 Å². The molecule has 2 N–H and O–H groups in total. The van der Waals surface area contributed by atoms with Crippen LogP contribution in [0.5, 0.6) is 0 Å². The van der Waals surface area contributed by atoms with Gasteiger partial charge in [0.25, 0.3) is 0 Å². The van der Waals surface area contributed by atoms with E-state index in [1.807, 2.05) is 27.7 Å². The van der Waals surface area contributed by atoms with Gasteiger partial charge in [-0.3, -0.25) is 4.90 Å². The number of carbonyl (C=O) groups is 1. The van der Waals surface area contributed by atoms with E-state index in [1.54, 1.807) is 19.2 Å². The molecule has 17 heavy (non-hydrogen) atoms. The Labute approximate surface area is 102 Å². The minimum absolute atomic E-state index is 0.385. The van der Waals surface area contributed by atoms with Crippen molar-refractivity contribution in [3.05, 3.63) is 17.8 Å². The Morgan fingerprint density at radius 1 is 1.41 bits per heavy atom. The molecule has 0 saturated carbocycles. The zero-order chi connectivity index (χ0) is 13.2. The monoisotopic (exact) mass is 237 g/mol. The quantitative estimate of drug-likeness (QED) is 0.814. The molecule has 0 bridgehead atoms. The molecule has 0 fully saturated rings. The van der Waals surface area contributed by atoms with Crippen LogP contribution in [-0.4, -0.2) is 23.7 Å². The van der Waals surface area contributed by atoms with Crippen molar-refractivity contribution in [3.8, 4) is 0 Å². The first-order chi connectivity index (χ1) is 7.69. The lowest BCUT2D eigenvalue weighted by Gasteiger charge is -2.24. The summed E-state index contributed by atoms with van der Waals surface area (Å²) in [5, 5.41) is 0.